The van der Waals surface area contributed by atoms with Crippen LogP contribution in [0, 0.1) is 0 Å². The van der Waals surface area contributed by atoms with E-state index in [1.165, 1.54) is 5.39 Å². The van der Waals surface area contributed by atoms with Crippen LogP contribution < -0.4 is 15.0 Å². The minimum atomic E-state index is -0.177. The van der Waals surface area contributed by atoms with Crippen molar-refractivity contribution in [1.82, 2.24) is 0 Å². The van der Waals surface area contributed by atoms with Gasteiger partial charge in [0.05, 0.1) is 0 Å². The van der Waals surface area contributed by atoms with Crippen LogP contribution in [0.15, 0.2) is 97.1 Å². The highest BCUT2D eigenvalue weighted by Gasteiger charge is 2.11. The molecule has 30 heavy (non-hydrogen) atoms. The molecular weight excluding hydrogens is 392 g/mol. The maximum Gasteiger partial charge on any atom is 0.269 e. The summed E-state index contributed by atoms with van der Waals surface area (Å²) in [7, 11) is 1.87. The first-order chi connectivity index (χ1) is 14.6. The fourth-order valence-electron chi connectivity index (χ4n) is 3.06. The summed E-state index contributed by atoms with van der Waals surface area (Å²) in [4.78, 5) is 14.2. The number of hydrogen-bond donors (Lipinski definition) is 1. The number of amides is 1. The molecule has 0 saturated carbocycles. The molecular formula is C25H20N2O2S. The molecule has 0 aliphatic heterocycles. The van der Waals surface area contributed by atoms with Gasteiger partial charge >= 0.3 is 0 Å². The fourth-order valence-corrected chi connectivity index (χ4v) is 3.26. The van der Waals surface area contributed by atoms with Crippen LogP contribution in [-0.2, 0) is 0 Å². The zero-order chi connectivity index (χ0) is 20.9. The van der Waals surface area contributed by atoms with Gasteiger partial charge in [0.1, 0.15) is 5.75 Å². The van der Waals surface area contributed by atoms with Gasteiger partial charge in [-0.05, 0) is 71.5 Å². The third kappa shape index (κ3) is 4.47. The molecule has 0 unspecified atom stereocenters. The molecule has 1 amide bonds. The van der Waals surface area contributed by atoms with Crippen molar-refractivity contribution in [3.63, 3.8) is 0 Å². The molecule has 1 N–H and O–H groups in total. The number of anilines is 2. The van der Waals surface area contributed by atoms with Crippen molar-refractivity contribution in [1.29, 1.82) is 0 Å². The predicted molar refractivity (Wildman–Crippen MR) is 126 cm³/mol. The van der Waals surface area contributed by atoms with Crippen LogP contribution in [0.2, 0.25) is 0 Å². The van der Waals surface area contributed by atoms with E-state index in [9.17, 15) is 4.79 Å². The smallest absolute Gasteiger partial charge is 0.269 e. The van der Waals surface area contributed by atoms with Crippen molar-refractivity contribution >= 4 is 45.4 Å². The Morgan fingerprint density at radius 3 is 2.23 bits per heavy atom. The average Bonchev–Trinajstić information content (AvgIpc) is 2.79. The summed E-state index contributed by atoms with van der Waals surface area (Å²) in [6.07, 6.45) is 0. The third-order valence-electron chi connectivity index (χ3n) is 4.75. The van der Waals surface area contributed by atoms with E-state index in [-0.39, 0.29) is 5.91 Å². The zero-order valence-corrected chi connectivity index (χ0v) is 17.2. The number of carbonyl (C=O) groups is 1. The minimum Gasteiger partial charge on any atom is -0.432 e. The topological polar surface area (TPSA) is 41.6 Å². The predicted octanol–water partition coefficient (Wildman–Crippen LogP) is 5.89. The molecule has 5 heteroatoms. The first-order valence-corrected chi connectivity index (χ1v) is 9.92. The number of thiocarbonyl (C=S) groups is 1. The maximum absolute atomic E-state index is 12.4. The van der Waals surface area contributed by atoms with Gasteiger partial charge in [0.2, 0.25) is 0 Å². The number of para-hydroxylation sites is 1. The normalized spacial score (nSPS) is 10.4. The number of rotatable bonds is 4. The van der Waals surface area contributed by atoms with Crippen molar-refractivity contribution in [2.45, 2.75) is 0 Å². The highest BCUT2D eigenvalue weighted by molar-refractivity contribution is 7.80. The van der Waals surface area contributed by atoms with Crippen LogP contribution in [0.4, 0.5) is 11.4 Å². The highest BCUT2D eigenvalue weighted by atomic mass is 32.1. The molecule has 4 aromatic carbocycles. The van der Waals surface area contributed by atoms with Crippen LogP contribution in [0.25, 0.3) is 10.8 Å². The monoisotopic (exact) mass is 412 g/mol. The molecule has 4 rings (SSSR count). The van der Waals surface area contributed by atoms with Crippen LogP contribution in [0.1, 0.15) is 10.4 Å². The first kappa shape index (κ1) is 19.6. The lowest BCUT2D eigenvalue weighted by molar-refractivity contribution is 0.102. The molecule has 148 valence electrons. The zero-order valence-electron chi connectivity index (χ0n) is 16.4. The fraction of sp³-hybridized carbons (Fsp3) is 0.0400. The molecule has 0 fully saturated rings. The van der Waals surface area contributed by atoms with Crippen molar-refractivity contribution in [3.05, 3.63) is 103 Å². The Morgan fingerprint density at radius 2 is 1.50 bits per heavy atom. The van der Waals surface area contributed by atoms with E-state index >= 15 is 0 Å². The van der Waals surface area contributed by atoms with Gasteiger partial charge in [-0.25, -0.2) is 0 Å². The van der Waals surface area contributed by atoms with E-state index in [2.05, 4.69) is 29.6 Å². The number of nitrogens with zero attached hydrogens (tertiary/aromatic N) is 1. The van der Waals surface area contributed by atoms with E-state index in [1.54, 1.807) is 24.3 Å². The molecule has 4 aromatic rings. The summed E-state index contributed by atoms with van der Waals surface area (Å²) in [5.41, 5.74) is 2.23. The number of benzene rings is 4. The lowest BCUT2D eigenvalue weighted by Gasteiger charge is -2.20. The number of fused-ring (bicyclic) bond motifs is 1. The Morgan fingerprint density at radius 1 is 0.833 bits per heavy atom. The summed E-state index contributed by atoms with van der Waals surface area (Å²) < 4.78 is 5.82. The van der Waals surface area contributed by atoms with E-state index in [4.69, 9.17) is 17.0 Å². The summed E-state index contributed by atoms with van der Waals surface area (Å²) in [6, 6.07) is 30.5. The molecule has 0 radical (unpaired) electrons. The van der Waals surface area contributed by atoms with E-state index in [1.807, 2.05) is 60.5 Å². The molecule has 0 spiro atoms. The summed E-state index contributed by atoms with van der Waals surface area (Å²) in [6.45, 7) is 0. The van der Waals surface area contributed by atoms with E-state index < -0.39 is 0 Å². The summed E-state index contributed by atoms with van der Waals surface area (Å²) in [5, 5.41) is 5.49. The molecule has 0 bridgehead atoms. The van der Waals surface area contributed by atoms with Gasteiger partial charge in [-0.2, -0.15) is 0 Å². The molecule has 0 saturated heterocycles. The Balaban J connectivity index is 1.41. The molecule has 0 aromatic heterocycles. The lowest BCUT2D eigenvalue weighted by Crippen LogP contribution is -2.29. The number of hydrogen-bond acceptors (Lipinski definition) is 3. The van der Waals surface area contributed by atoms with Gasteiger partial charge in [-0.3, -0.25) is 4.79 Å². The highest BCUT2D eigenvalue weighted by Crippen LogP contribution is 2.23. The minimum absolute atomic E-state index is 0.177. The second-order valence-corrected chi connectivity index (χ2v) is 7.15. The molecule has 0 atom stereocenters. The standard InChI is InChI=1S/C25H20N2O2S/c1-27(22-14-11-18-7-5-6-8-20(18)17-22)25(30)29-23-15-12-19(13-16-23)24(28)26-21-9-3-2-4-10-21/h2-17H,1H3,(H,26,28). The van der Waals surface area contributed by atoms with Crippen LogP contribution in [-0.4, -0.2) is 18.1 Å². The second-order valence-electron chi connectivity index (χ2n) is 6.80. The largest absolute Gasteiger partial charge is 0.432 e. The molecule has 4 nitrogen and oxygen atoms in total. The van der Waals surface area contributed by atoms with Crippen molar-refractivity contribution in [2.24, 2.45) is 0 Å². The molecule has 0 heterocycles. The number of ether oxygens (including phenoxy) is 1. The van der Waals surface area contributed by atoms with Gasteiger partial charge in [-0.1, -0.05) is 48.5 Å². The van der Waals surface area contributed by atoms with Gasteiger partial charge in [0.25, 0.3) is 11.1 Å². The van der Waals surface area contributed by atoms with E-state index in [0.717, 1.165) is 16.8 Å². The summed E-state index contributed by atoms with van der Waals surface area (Å²) in [5.74, 6) is 0.396. The Labute approximate surface area is 180 Å². The first-order valence-electron chi connectivity index (χ1n) is 9.51. The number of carbonyl (C=O) groups excluding carboxylic acids is 1. The quantitative estimate of drug-likeness (QED) is 0.424. The Kier molecular flexibility index (Phi) is 5.72. The second kappa shape index (κ2) is 8.76. The lowest BCUT2D eigenvalue weighted by atomic mass is 10.1. The van der Waals surface area contributed by atoms with Crippen molar-refractivity contribution in [3.8, 4) is 5.75 Å². The maximum atomic E-state index is 12.4. The third-order valence-corrected chi connectivity index (χ3v) is 5.10. The molecule has 0 aliphatic rings. The SMILES string of the molecule is CN(C(=S)Oc1ccc(C(=O)Nc2ccccc2)cc1)c1ccc2ccccc2c1. The summed E-state index contributed by atoms with van der Waals surface area (Å²) >= 11 is 5.46. The van der Waals surface area contributed by atoms with Crippen molar-refractivity contribution in [2.75, 3.05) is 17.3 Å². The van der Waals surface area contributed by atoms with Crippen LogP contribution in [0.5, 0.6) is 5.75 Å². The van der Waals surface area contributed by atoms with Crippen LogP contribution >= 0.6 is 12.2 Å². The van der Waals surface area contributed by atoms with Gasteiger partial charge in [-0.15, -0.1) is 0 Å². The van der Waals surface area contributed by atoms with Gasteiger partial charge in [0, 0.05) is 24.0 Å². The van der Waals surface area contributed by atoms with Crippen LogP contribution in [0.3, 0.4) is 0 Å². The van der Waals surface area contributed by atoms with Gasteiger partial charge < -0.3 is 15.0 Å². The Hall–Kier alpha value is -3.70. The van der Waals surface area contributed by atoms with Crippen molar-refractivity contribution < 1.29 is 9.53 Å². The van der Waals surface area contributed by atoms with Gasteiger partial charge in [0.15, 0.2) is 0 Å². The Bertz CT molecular complexity index is 1190. The number of nitrogens with one attached hydrogen (secondary N) is 1. The average molecular weight is 413 g/mol. The van der Waals surface area contributed by atoms with E-state index in [0.29, 0.717) is 16.5 Å². The molecule has 0 aliphatic carbocycles.